The largest absolute Gasteiger partial charge is 0.486 e. The van der Waals surface area contributed by atoms with Crippen LogP contribution < -0.4 is 14.9 Å². The van der Waals surface area contributed by atoms with Crippen LogP contribution in [0.5, 0.6) is 11.5 Å². The summed E-state index contributed by atoms with van der Waals surface area (Å²) in [6, 6.07) is 13.1. The molecular weight excluding hydrogens is 316 g/mol. The third kappa shape index (κ3) is 4.18. The van der Waals surface area contributed by atoms with E-state index < -0.39 is 0 Å². The molecule has 0 spiro atoms. The number of hydrogen-bond donors (Lipinski definition) is 1. The number of rotatable bonds is 3. The number of benzene rings is 2. The average molecular weight is 338 g/mol. The third-order valence-electron chi connectivity index (χ3n) is 3.96. The summed E-state index contributed by atoms with van der Waals surface area (Å²) < 4.78 is 11.0. The van der Waals surface area contributed by atoms with Gasteiger partial charge in [0.15, 0.2) is 11.5 Å². The number of hydrogen-bond acceptors (Lipinski definition) is 4. The maximum Gasteiger partial charge on any atom is 0.271 e. The van der Waals surface area contributed by atoms with Gasteiger partial charge in [-0.1, -0.05) is 32.9 Å². The first-order chi connectivity index (χ1) is 11.9. The van der Waals surface area contributed by atoms with Gasteiger partial charge in [0.25, 0.3) is 5.91 Å². The summed E-state index contributed by atoms with van der Waals surface area (Å²) >= 11 is 0. The molecule has 1 heterocycles. The number of carbonyl (C=O) groups is 1. The fourth-order valence-corrected chi connectivity index (χ4v) is 2.49. The molecule has 0 saturated heterocycles. The molecule has 130 valence electrons. The van der Waals surface area contributed by atoms with E-state index in [1.165, 1.54) is 5.56 Å². The smallest absolute Gasteiger partial charge is 0.271 e. The molecule has 0 bridgehead atoms. The van der Waals surface area contributed by atoms with Gasteiger partial charge in [-0.25, -0.2) is 5.43 Å². The fourth-order valence-electron chi connectivity index (χ4n) is 2.49. The second-order valence-corrected chi connectivity index (χ2v) is 6.93. The van der Waals surface area contributed by atoms with Gasteiger partial charge < -0.3 is 9.47 Å². The van der Waals surface area contributed by atoms with Gasteiger partial charge in [-0.15, -0.1) is 0 Å². The van der Waals surface area contributed by atoms with Crippen molar-refractivity contribution in [1.29, 1.82) is 0 Å². The van der Waals surface area contributed by atoms with Gasteiger partial charge in [-0.2, -0.15) is 5.10 Å². The van der Waals surface area contributed by atoms with E-state index in [0.29, 0.717) is 24.5 Å². The molecule has 0 atom stereocenters. The Hall–Kier alpha value is -2.82. The highest BCUT2D eigenvalue weighted by Crippen LogP contribution is 2.30. The van der Waals surface area contributed by atoms with Crippen LogP contribution in [-0.4, -0.2) is 25.3 Å². The Kier molecular flexibility index (Phi) is 4.74. The number of fused-ring (bicyclic) bond motifs is 1. The minimum atomic E-state index is -0.241. The average Bonchev–Trinajstić information content (AvgIpc) is 2.61. The zero-order valence-corrected chi connectivity index (χ0v) is 14.7. The summed E-state index contributed by atoms with van der Waals surface area (Å²) in [6.07, 6.45) is 1.58. The summed E-state index contributed by atoms with van der Waals surface area (Å²) in [5.41, 5.74) is 5.19. The van der Waals surface area contributed by atoms with Crippen molar-refractivity contribution in [3.63, 3.8) is 0 Å². The van der Waals surface area contributed by atoms with E-state index in [4.69, 9.17) is 9.47 Å². The molecule has 0 saturated carbocycles. The van der Waals surface area contributed by atoms with Crippen LogP contribution in [0.1, 0.15) is 42.3 Å². The Morgan fingerprint density at radius 1 is 1.04 bits per heavy atom. The Balaban J connectivity index is 1.63. The number of nitrogens with one attached hydrogen (secondary N) is 1. The minimum absolute atomic E-state index is 0.0609. The van der Waals surface area contributed by atoms with E-state index in [0.717, 1.165) is 11.3 Å². The molecular formula is C20H22N2O3. The number of nitrogens with zero attached hydrogens (tertiary/aromatic N) is 1. The molecule has 5 heteroatoms. The maximum absolute atomic E-state index is 12.2. The summed E-state index contributed by atoms with van der Waals surface area (Å²) in [5.74, 6) is 1.18. The van der Waals surface area contributed by atoms with Crippen LogP contribution in [0.15, 0.2) is 47.6 Å². The predicted octanol–water partition coefficient (Wildman–Crippen LogP) is 3.52. The van der Waals surface area contributed by atoms with Crippen LogP contribution in [0.4, 0.5) is 0 Å². The first-order valence-electron chi connectivity index (χ1n) is 8.27. The molecule has 2 aromatic rings. The van der Waals surface area contributed by atoms with E-state index in [2.05, 4.69) is 31.3 Å². The lowest BCUT2D eigenvalue weighted by Crippen LogP contribution is -2.18. The highest BCUT2D eigenvalue weighted by atomic mass is 16.6. The van der Waals surface area contributed by atoms with Gasteiger partial charge in [-0.05, 0) is 46.9 Å². The molecule has 2 aromatic carbocycles. The second kappa shape index (κ2) is 6.97. The van der Waals surface area contributed by atoms with Crippen molar-refractivity contribution in [2.45, 2.75) is 26.2 Å². The number of ether oxygens (including phenoxy) is 2. The molecule has 1 aliphatic heterocycles. The molecule has 0 radical (unpaired) electrons. The monoisotopic (exact) mass is 338 g/mol. The van der Waals surface area contributed by atoms with E-state index in [1.807, 2.05) is 42.5 Å². The van der Waals surface area contributed by atoms with E-state index in [9.17, 15) is 4.79 Å². The molecule has 0 unspecified atom stereocenters. The SMILES string of the molecule is CC(C)(C)c1ccc(C(=O)N/N=C\c2ccc3c(c2)OCCO3)cc1. The predicted molar refractivity (Wildman–Crippen MR) is 97.6 cm³/mol. The van der Waals surface area contributed by atoms with Gasteiger partial charge in [0.1, 0.15) is 13.2 Å². The van der Waals surface area contributed by atoms with Crippen LogP contribution in [0.3, 0.4) is 0 Å². The normalized spacial score (nSPS) is 13.7. The molecule has 0 aromatic heterocycles. The Labute approximate surface area is 147 Å². The van der Waals surface area contributed by atoms with Crippen molar-refractivity contribution in [2.75, 3.05) is 13.2 Å². The van der Waals surface area contributed by atoms with Crippen LogP contribution in [0.25, 0.3) is 0 Å². The quantitative estimate of drug-likeness (QED) is 0.688. The minimum Gasteiger partial charge on any atom is -0.486 e. The highest BCUT2D eigenvalue weighted by Gasteiger charge is 2.14. The summed E-state index contributed by atoms with van der Waals surface area (Å²) in [7, 11) is 0. The third-order valence-corrected chi connectivity index (χ3v) is 3.96. The lowest BCUT2D eigenvalue weighted by molar-refractivity contribution is 0.0955. The van der Waals surface area contributed by atoms with Crippen LogP contribution >= 0.6 is 0 Å². The second-order valence-electron chi connectivity index (χ2n) is 6.93. The standard InChI is InChI=1S/C20H22N2O3/c1-20(2,3)16-7-5-15(6-8-16)19(23)22-21-13-14-4-9-17-18(12-14)25-11-10-24-17/h4-9,12-13H,10-11H2,1-3H3,(H,22,23)/b21-13-. The van der Waals surface area contributed by atoms with E-state index >= 15 is 0 Å². The van der Waals surface area contributed by atoms with Crippen molar-refractivity contribution in [3.8, 4) is 11.5 Å². The molecule has 0 fully saturated rings. The molecule has 5 nitrogen and oxygen atoms in total. The van der Waals surface area contributed by atoms with Gasteiger partial charge in [-0.3, -0.25) is 4.79 Å². The topological polar surface area (TPSA) is 59.9 Å². The highest BCUT2D eigenvalue weighted by molar-refractivity contribution is 5.95. The van der Waals surface area contributed by atoms with Crippen molar-refractivity contribution in [3.05, 3.63) is 59.2 Å². The van der Waals surface area contributed by atoms with Crippen molar-refractivity contribution in [1.82, 2.24) is 5.43 Å². The zero-order valence-electron chi connectivity index (χ0n) is 14.7. The Morgan fingerprint density at radius 2 is 1.72 bits per heavy atom. The maximum atomic E-state index is 12.2. The number of hydrazone groups is 1. The fraction of sp³-hybridized carbons (Fsp3) is 0.300. The molecule has 1 amide bonds. The zero-order chi connectivity index (χ0) is 17.9. The molecule has 1 N–H and O–H groups in total. The summed E-state index contributed by atoms with van der Waals surface area (Å²) in [4.78, 5) is 12.2. The molecule has 25 heavy (non-hydrogen) atoms. The van der Waals surface area contributed by atoms with Crippen LogP contribution in [-0.2, 0) is 5.41 Å². The Bertz CT molecular complexity index is 790. The van der Waals surface area contributed by atoms with Gasteiger partial charge in [0.05, 0.1) is 6.21 Å². The van der Waals surface area contributed by atoms with Gasteiger partial charge in [0, 0.05) is 5.56 Å². The van der Waals surface area contributed by atoms with Crippen molar-refractivity contribution < 1.29 is 14.3 Å². The van der Waals surface area contributed by atoms with Crippen LogP contribution in [0.2, 0.25) is 0 Å². The van der Waals surface area contributed by atoms with Gasteiger partial charge >= 0.3 is 0 Å². The Morgan fingerprint density at radius 3 is 2.40 bits per heavy atom. The molecule has 0 aliphatic carbocycles. The molecule has 1 aliphatic rings. The number of carbonyl (C=O) groups excluding carboxylic acids is 1. The summed E-state index contributed by atoms with van der Waals surface area (Å²) in [5, 5.41) is 4.02. The summed E-state index contributed by atoms with van der Waals surface area (Å²) in [6.45, 7) is 7.51. The van der Waals surface area contributed by atoms with Crippen molar-refractivity contribution >= 4 is 12.1 Å². The van der Waals surface area contributed by atoms with E-state index in [-0.39, 0.29) is 11.3 Å². The first-order valence-corrected chi connectivity index (χ1v) is 8.27. The van der Waals surface area contributed by atoms with Gasteiger partial charge in [0.2, 0.25) is 0 Å². The lowest BCUT2D eigenvalue weighted by atomic mass is 9.87. The molecule has 3 rings (SSSR count). The number of amides is 1. The first kappa shape index (κ1) is 17.0. The lowest BCUT2D eigenvalue weighted by Gasteiger charge is -2.18. The van der Waals surface area contributed by atoms with Crippen LogP contribution in [0, 0.1) is 0 Å². The van der Waals surface area contributed by atoms with E-state index in [1.54, 1.807) is 6.21 Å². The van der Waals surface area contributed by atoms with Crippen molar-refractivity contribution in [2.24, 2.45) is 5.10 Å².